The monoisotopic (exact) mass is 251 g/mol. The average molecular weight is 251 g/mol. The van der Waals surface area contributed by atoms with E-state index in [1.807, 2.05) is 12.1 Å². The highest BCUT2D eigenvalue weighted by molar-refractivity contribution is 5.20. The summed E-state index contributed by atoms with van der Waals surface area (Å²) < 4.78 is 18.2. The highest BCUT2D eigenvalue weighted by Crippen LogP contribution is 2.29. The van der Waals surface area contributed by atoms with Gasteiger partial charge in [0, 0.05) is 19.2 Å². The third-order valence-electron chi connectivity index (χ3n) is 3.74. The lowest BCUT2D eigenvalue weighted by molar-refractivity contribution is 0.0123. The van der Waals surface area contributed by atoms with Crippen LogP contribution in [0.5, 0.6) is 0 Å². The molecule has 1 unspecified atom stereocenters. The normalized spacial score (nSPS) is 24.9. The van der Waals surface area contributed by atoms with E-state index in [2.05, 4.69) is 19.2 Å². The molecule has 1 atom stereocenters. The van der Waals surface area contributed by atoms with Gasteiger partial charge in [-0.2, -0.15) is 0 Å². The van der Waals surface area contributed by atoms with E-state index in [0.717, 1.165) is 18.4 Å². The molecule has 0 radical (unpaired) electrons. The van der Waals surface area contributed by atoms with Gasteiger partial charge in [0.05, 0.1) is 6.10 Å². The van der Waals surface area contributed by atoms with Crippen LogP contribution in [0, 0.1) is 11.7 Å². The first-order valence-corrected chi connectivity index (χ1v) is 6.64. The number of halogens is 1. The first-order valence-electron chi connectivity index (χ1n) is 6.64. The van der Waals surface area contributed by atoms with E-state index in [1.165, 1.54) is 12.1 Å². The van der Waals surface area contributed by atoms with Crippen LogP contribution in [0.25, 0.3) is 0 Å². The standard InChI is InChI=1S/C15H22FNO/c1-10(2)15(11-4-6-12(16)7-5-11)17-13-8-14(9-13)18-3/h4-7,10,13-15,17H,8-9H2,1-3H3. The van der Waals surface area contributed by atoms with Gasteiger partial charge in [0.15, 0.2) is 0 Å². The Morgan fingerprint density at radius 3 is 2.33 bits per heavy atom. The van der Waals surface area contributed by atoms with E-state index in [-0.39, 0.29) is 11.9 Å². The second kappa shape index (κ2) is 5.81. The van der Waals surface area contributed by atoms with E-state index < -0.39 is 0 Å². The first kappa shape index (κ1) is 13.5. The third-order valence-corrected chi connectivity index (χ3v) is 3.74. The predicted molar refractivity (Wildman–Crippen MR) is 70.9 cm³/mol. The molecule has 0 bridgehead atoms. The number of nitrogens with one attached hydrogen (secondary N) is 1. The van der Waals surface area contributed by atoms with Crippen molar-refractivity contribution >= 4 is 0 Å². The van der Waals surface area contributed by atoms with E-state index in [4.69, 9.17) is 4.74 Å². The fourth-order valence-electron chi connectivity index (χ4n) is 2.49. The Hall–Kier alpha value is -0.930. The molecule has 1 aliphatic carbocycles. The van der Waals surface area contributed by atoms with Crippen molar-refractivity contribution in [3.63, 3.8) is 0 Å². The lowest BCUT2D eigenvalue weighted by Crippen LogP contribution is -2.47. The smallest absolute Gasteiger partial charge is 0.123 e. The van der Waals surface area contributed by atoms with Gasteiger partial charge in [-0.05, 0) is 36.5 Å². The molecule has 1 N–H and O–H groups in total. The molecule has 0 spiro atoms. The minimum Gasteiger partial charge on any atom is -0.381 e. The van der Waals surface area contributed by atoms with E-state index in [0.29, 0.717) is 18.1 Å². The summed E-state index contributed by atoms with van der Waals surface area (Å²) in [6.45, 7) is 4.38. The van der Waals surface area contributed by atoms with Crippen molar-refractivity contribution in [1.29, 1.82) is 0 Å². The molecule has 0 saturated heterocycles. The van der Waals surface area contributed by atoms with Crippen molar-refractivity contribution < 1.29 is 9.13 Å². The van der Waals surface area contributed by atoms with Crippen molar-refractivity contribution in [2.45, 2.75) is 44.9 Å². The summed E-state index contributed by atoms with van der Waals surface area (Å²) >= 11 is 0. The van der Waals surface area contributed by atoms with Crippen LogP contribution in [0.3, 0.4) is 0 Å². The molecule has 0 amide bonds. The second-order valence-electron chi connectivity index (χ2n) is 5.47. The summed E-state index contributed by atoms with van der Waals surface area (Å²) in [5.74, 6) is 0.307. The van der Waals surface area contributed by atoms with Crippen molar-refractivity contribution in [2.24, 2.45) is 5.92 Å². The topological polar surface area (TPSA) is 21.3 Å². The number of methoxy groups -OCH3 is 1. The average Bonchev–Trinajstić information content (AvgIpc) is 2.29. The van der Waals surface area contributed by atoms with Crippen LogP contribution in [0.2, 0.25) is 0 Å². The Morgan fingerprint density at radius 1 is 1.22 bits per heavy atom. The summed E-state index contributed by atoms with van der Waals surface area (Å²) in [5, 5.41) is 3.65. The number of hydrogen-bond donors (Lipinski definition) is 1. The predicted octanol–water partition coefficient (Wildman–Crippen LogP) is 3.29. The highest BCUT2D eigenvalue weighted by atomic mass is 19.1. The molecule has 1 aromatic rings. The Morgan fingerprint density at radius 2 is 1.83 bits per heavy atom. The lowest BCUT2D eigenvalue weighted by Gasteiger charge is -2.38. The van der Waals surface area contributed by atoms with Crippen LogP contribution in [-0.2, 0) is 4.74 Å². The van der Waals surface area contributed by atoms with Gasteiger partial charge in [-0.3, -0.25) is 0 Å². The summed E-state index contributed by atoms with van der Waals surface area (Å²) in [5.41, 5.74) is 1.16. The molecule has 1 aliphatic rings. The minimum absolute atomic E-state index is 0.177. The molecule has 2 rings (SSSR count). The largest absolute Gasteiger partial charge is 0.381 e. The number of hydrogen-bond acceptors (Lipinski definition) is 2. The van der Waals surface area contributed by atoms with Gasteiger partial charge in [-0.1, -0.05) is 26.0 Å². The maximum absolute atomic E-state index is 13.0. The Bertz CT molecular complexity index is 371. The second-order valence-corrected chi connectivity index (χ2v) is 5.47. The van der Waals surface area contributed by atoms with Gasteiger partial charge in [0.25, 0.3) is 0 Å². The molecule has 0 heterocycles. The van der Waals surface area contributed by atoms with Crippen LogP contribution in [0.1, 0.15) is 38.3 Å². The van der Waals surface area contributed by atoms with Crippen molar-refractivity contribution in [3.05, 3.63) is 35.6 Å². The lowest BCUT2D eigenvalue weighted by atomic mass is 9.86. The van der Waals surface area contributed by atoms with E-state index >= 15 is 0 Å². The van der Waals surface area contributed by atoms with Crippen LogP contribution < -0.4 is 5.32 Å². The van der Waals surface area contributed by atoms with Crippen LogP contribution >= 0.6 is 0 Å². The number of rotatable bonds is 5. The molecule has 0 aromatic heterocycles. The van der Waals surface area contributed by atoms with Crippen molar-refractivity contribution in [2.75, 3.05) is 7.11 Å². The summed E-state index contributed by atoms with van der Waals surface area (Å²) in [4.78, 5) is 0. The van der Waals surface area contributed by atoms with Gasteiger partial charge < -0.3 is 10.1 Å². The van der Waals surface area contributed by atoms with E-state index in [9.17, 15) is 4.39 Å². The fourth-order valence-corrected chi connectivity index (χ4v) is 2.49. The summed E-state index contributed by atoms with van der Waals surface area (Å²) in [7, 11) is 1.76. The van der Waals surface area contributed by atoms with Gasteiger partial charge in [-0.15, -0.1) is 0 Å². The van der Waals surface area contributed by atoms with E-state index in [1.54, 1.807) is 7.11 Å². The molecule has 0 aliphatic heterocycles. The first-order chi connectivity index (χ1) is 8.60. The zero-order valence-electron chi connectivity index (χ0n) is 11.3. The molecule has 1 fully saturated rings. The van der Waals surface area contributed by atoms with Crippen LogP contribution in [0.15, 0.2) is 24.3 Å². The van der Waals surface area contributed by atoms with Gasteiger partial charge in [0.2, 0.25) is 0 Å². The quantitative estimate of drug-likeness (QED) is 0.867. The Labute approximate surface area is 109 Å². The molecule has 1 saturated carbocycles. The SMILES string of the molecule is COC1CC(NC(c2ccc(F)cc2)C(C)C)C1. The molecule has 2 nitrogen and oxygen atoms in total. The molecule has 3 heteroatoms. The third kappa shape index (κ3) is 3.09. The Kier molecular flexibility index (Phi) is 4.36. The highest BCUT2D eigenvalue weighted by Gasteiger charge is 2.31. The van der Waals surface area contributed by atoms with Gasteiger partial charge >= 0.3 is 0 Å². The number of benzene rings is 1. The molecular weight excluding hydrogens is 229 g/mol. The number of ether oxygens (including phenoxy) is 1. The van der Waals surface area contributed by atoms with Crippen molar-refractivity contribution in [3.8, 4) is 0 Å². The van der Waals surface area contributed by atoms with Crippen molar-refractivity contribution in [1.82, 2.24) is 5.32 Å². The summed E-state index contributed by atoms with van der Waals surface area (Å²) in [6, 6.07) is 7.62. The maximum atomic E-state index is 13.0. The summed E-state index contributed by atoms with van der Waals surface area (Å²) in [6.07, 6.45) is 2.55. The molecular formula is C15H22FNO. The van der Waals surface area contributed by atoms with Gasteiger partial charge in [0.1, 0.15) is 5.82 Å². The molecule has 1 aromatic carbocycles. The van der Waals surface area contributed by atoms with Crippen LogP contribution in [0.4, 0.5) is 4.39 Å². The molecule has 100 valence electrons. The van der Waals surface area contributed by atoms with Crippen LogP contribution in [-0.4, -0.2) is 19.3 Å². The zero-order chi connectivity index (χ0) is 13.1. The maximum Gasteiger partial charge on any atom is 0.123 e. The zero-order valence-corrected chi connectivity index (χ0v) is 11.3. The minimum atomic E-state index is -0.177. The molecule has 18 heavy (non-hydrogen) atoms. The Balaban J connectivity index is 1.98. The fraction of sp³-hybridized carbons (Fsp3) is 0.600. The van der Waals surface area contributed by atoms with Gasteiger partial charge in [-0.25, -0.2) is 4.39 Å².